The van der Waals surface area contributed by atoms with E-state index in [1.54, 1.807) is 11.3 Å². The molecule has 3 heteroatoms. The molecule has 3 aromatic rings. The number of hydrogen-bond donors (Lipinski definition) is 1. The van der Waals surface area contributed by atoms with Gasteiger partial charge in [0.2, 0.25) is 5.91 Å². The summed E-state index contributed by atoms with van der Waals surface area (Å²) >= 11 is 1.62. The van der Waals surface area contributed by atoms with Crippen molar-refractivity contribution in [1.82, 2.24) is 5.32 Å². The summed E-state index contributed by atoms with van der Waals surface area (Å²) in [6.45, 7) is 0. The lowest BCUT2D eigenvalue weighted by Gasteiger charge is -2.19. The first-order chi connectivity index (χ1) is 11.3. The average molecular weight is 321 g/mol. The van der Waals surface area contributed by atoms with E-state index in [0.717, 1.165) is 16.9 Å². The van der Waals surface area contributed by atoms with Crippen molar-refractivity contribution in [2.45, 2.75) is 18.9 Å². The highest BCUT2D eigenvalue weighted by Gasteiger charge is 2.15. The van der Waals surface area contributed by atoms with E-state index in [-0.39, 0.29) is 11.9 Å². The molecule has 0 spiro atoms. The van der Waals surface area contributed by atoms with Gasteiger partial charge in [-0.05, 0) is 29.0 Å². The highest BCUT2D eigenvalue weighted by Crippen LogP contribution is 2.19. The Balaban J connectivity index is 1.73. The maximum Gasteiger partial charge on any atom is 0.225 e. The van der Waals surface area contributed by atoms with E-state index in [1.807, 2.05) is 53.9 Å². The third-order valence-corrected chi connectivity index (χ3v) is 4.61. The first kappa shape index (κ1) is 15.5. The second-order valence-corrected chi connectivity index (χ2v) is 6.51. The summed E-state index contributed by atoms with van der Waals surface area (Å²) in [5.41, 5.74) is 2.36. The Morgan fingerprint density at radius 2 is 1.61 bits per heavy atom. The quantitative estimate of drug-likeness (QED) is 0.717. The minimum absolute atomic E-state index is 0.00828. The molecule has 23 heavy (non-hydrogen) atoms. The van der Waals surface area contributed by atoms with Crippen LogP contribution in [0.25, 0.3) is 0 Å². The predicted molar refractivity (Wildman–Crippen MR) is 95.5 cm³/mol. The van der Waals surface area contributed by atoms with Crippen LogP contribution >= 0.6 is 11.3 Å². The Hall–Kier alpha value is -2.39. The monoisotopic (exact) mass is 321 g/mol. The molecule has 2 aromatic carbocycles. The van der Waals surface area contributed by atoms with Crippen LogP contribution in [0, 0.1) is 0 Å². The fourth-order valence-electron chi connectivity index (χ4n) is 2.60. The van der Waals surface area contributed by atoms with E-state index < -0.39 is 0 Å². The van der Waals surface area contributed by atoms with Crippen LogP contribution in [0.3, 0.4) is 0 Å². The summed E-state index contributed by atoms with van der Waals surface area (Å²) in [7, 11) is 0. The van der Waals surface area contributed by atoms with Gasteiger partial charge in [-0.15, -0.1) is 11.3 Å². The van der Waals surface area contributed by atoms with Gasteiger partial charge >= 0.3 is 0 Å². The Morgan fingerprint density at radius 3 is 2.26 bits per heavy atom. The number of rotatable bonds is 6. The van der Waals surface area contributed by atoms with Gasteiger partial charge in [-0.25, -0.2) is 0 Å². The van der Waals surface area contributed by atoms with E-state index >= 15 is 0 Å². The van der Waals surface area contributed by atoms with Crippen LogP contribution < -0.4 is 5.32 Å². The van der Waals surface area contributed by atoms with Crippen molar-refractivity contribution in [3.63, 3.8) is 0 Å². The van der Waals surface area contributed by atoms with Gasteiger partial charge in [-0.3, -0.25) is 4.79 Å². The van der Waals surface area contributed by atoms with Crippen LogP contribution in [0.4, 0.5) is 0 Å². The molecule has 0 aliphatic rings. The summed E-state index contributed by atoms with van der Waals surface area (Å²) < 4.78 is 0. The van der Waals surface area contributed by atoms with Gasteiger partial charge in [0.15, 0.2) is 0 Å². The number of carbonyl (C=O) groups is 1. The highest BCUT2D eigenvalue weighted by atomic mass is 32.1. The maximum absolute atomic E-state index is 12.4. The van der Waals surface area contributed by atoms with Crippen molar-refractivity contribution in [2.75, 3.05) is 0 Å². The Morgan fingerprint density at radius 1 is 0.913 bits per heavy atom. The molecule has 1 unspecified atom stereocenters. The van der Waals surface area contributed by atoms with Crippen LogP contribution in [0.2, 0.25) is 0 Å². The Bertz CT molecular complexity index is 723. The van der Waals surface area contributed by atoms with Gasteiger partial charge in [-0.2, -0.15) is 0 Å². The second-order valence-electron chi connectivity index (χ2n) is 5.48. The molecule has 0 saturated heterocycles. The van der Waals surface area contributed by atoms with E-state index in [1.165, 1.54) is 5.56 Å². The molecule has 0 radical (unpaired) electrons. The molecule has 1 N–H and O–H groups in total. The molecule has 0 saturated carbocycles. The second kappa shape index (κ2) is 7.75. The van der Waals surface area contributed by atoms with Gasteiger partial charge in [0.25, 0.3) is 0 Å². The smallest absolute Gasteiger partial charge is 0.225 e. The van der Waals surface area contributed by atoms with Crippen molar-refractivity contribution in [3.05, 3.63) is 94.2 Å². The summed E-state index contributed by atoms with van der Waals surface area (Å²) in [5.74, 6) is 0.0669. The zero-order valence-electron chi connectivity index (χ0n) is 12.8. The number of carbonyl (C=O) groups excluding carboxylic acids is 1. The number of benzene rings is 2. The van der Waals surface area contributed by atoms with Crippen LogP contribution in [0.15, 0.2) is 78.2 Å². The fraction of sp³-hybridized carbons (Fsp3) is 0.150. The molecule has 1 atom stereocenters. The molecular formula is C20H19NOS. The zero-order chi connectivity index (χ0) is 15.9. The summed E-state index contributed by atoms with van der Waals surface area (Å²) in [6.07, 6.45) is 1.23. The fourth-order valence-corrected chi connectivity index (χ4v) is 3.31. The Kier molecular flexibility index (Phi) is 5.22. The number of nitrogens with one attached hydrogen (secondary N) is 1. The highest BCUT2D eigenvalue weighted by molar-refractivity contribution is 7.10. The maximum atomic E-state index is 12.4. The Labute approximate surface area is 140 Å². The number of amides is 1. The molecule has 0 aliphatic carbocycles. The van der Waals surface area contributed by atoms with Gasteiger partial charge < -0.3 is 5.32 Å². The number of thiophene rings is 1. The van der Waals surface area contributed by atoms with Crippen molar-refractivity contribution in [2.24, 2.45) is 0 Å². The van der Waals surface area contributed by atoms with Crippen molar-refractivity contribution >= 4 is 17.2 Å². The minimum Gasteiger partial charge on any atom is -0.349 e. The molecule has 2 nitrogen and oxygen atoms in total. The molecule has 0 fully saturated rings. The standard InChI is InChI=1S/C20H19NOS/c22-20(15-18-12-7-13-23-18)21-19(17-10-5-2-6-11-17)14-16-8-3-1-4-9-16/h1-13,19H,14-15H2,(H,21,22). The van der Waals surface area contributed by atoms with Crippen molar-refractivity contribution in [3.8, 4) is 0 Å². The lowest BCUT2D eigenvalue weighted by molar-refractivity contribution is -0.121. The third kappa shape index (κ3) is 4.54. The first-order valence-corrected chi connectivity index (χ1v) is 8.60. The lowest BCUT2D eigenvalue weighted by atomic mass is 9.98. The van der Waals surface area contributed by atoms with Crippen molar-refractivity contribution in [1.29, 1.82) is 0 Å². The molecule has 1 amide bonds. The van der Waals surface area contributed by atoms with Gasteiger partial charge in [0.1, 0.15) is 0 Å². The predicted octanol–water partition coefficient (Wildman–Crippen LogP) is 4.39. The van der Waals surface area contributed by atoms with E-state index in [2.05, 4.69) is 29.6 Å². The molecule has 0 bridgehead atoms. The van der Waals surface area contributed by atoms with Crippen LogP contribution in [0.5, 0.6) is 0 Å². The topological polar surface area (TPSA) is 29.1 Å². The zero-order valence-corrected chi connectivity index (χ0v) is 13.6. The molecule has 1 heterocycles. The lowest BCUT2D eigenvalue weighted by Crippen LogP contribution is -2.31. The molecule has 116 valence electrons. The van der Waals surface area contributed by atoms with E-state index in [9.17, 15) is 4.79 Å². The first-order valence-electron chi connectivity index (χ1n) is 7.72. The SMILES string of the molecule is O=C(Cc1cccs1)NC(Cc1ccccc1)c1ccccc1. The van der Waals surface area contributed by atoms with Gasteiger partial charge in [-0.1, -0.05) is 66.7 Å². The largest absolute Gasteiger partial charge is 0.349 e. The minimum atomic E-state index is -0.00828. The van der Waals surface area contributed by atoms with E-state index in [4.69, 9.17) is 0 Å². The summed E-state index contributed by atoms with van der Waals surface area (Å²) in [5, 5.41) is 5.19. The molecular weight excluding hydrogens is 302 g/mol. The number of hydrogen-bond acceptors (Lipinski definition) is 2. The van der Waals surface area contributed by atoms with E-state index in [0.29, 0.717) is 6.42 Å². The normalized spacial score (nSPS) is 11.8. The van der Waals surface area contributed by atoms with Crippen molar-refractivity contribution < 1.29 is 4.79 Å². The third-order valence-electron chi connectivity index (χ3n) is 3.73. The summed E-state index contributed by atoms with van der Waals surface area (Å²) in [4.78, 5) is 13.5. The van der Waals surface area contributed by atoms with Crippen LogP contribution in [-0.2, 0) is 17.6 Å². The molecule has 0 aliphatic heterocycles. The summed E-state index contributed by atoms with van der Waals surface area (Å²) in [6, 6.07) is 24.4. The van der Waals surface area contributed by atoms with Gasteiger partial charge in [0.05, 0.1) is 12.5 Å². The van der Waals surface area contributed by atoms with Crippen LogP contribution in [-0.4, -0.2) is 5.91 Å². The van der Waals surface area contributed by atoms with Crippen LogP contribution in [0.1, 0.15) is 22.0 Å². The van der Waals surface area contributed by atoms with Gasteiger partial charge in [0, 0.05) is 4.88 Å². The molecule has 3 rings (SSSR count). The molecule has 1 aromatic heterocycles. The average Bonchev–Trinajstić information content (AvgIpc) is 3.09.